The first-order valence-electron chi connectivity index (χ1n) is 7.06. The van der Waals surface area contributed by atoms with Gasteiger partial charge in [-0.25, -0.2) is 8.42 Å². The Morgan fingerprint density at radius 1 is 1.43 bits per heavy atom. The average molecular weight is 309 g/mol. The lowest BCUT2D eigenvalue weighted by molar-refractivity contribution is 0.475. The van der Waals surface area contributed by atoms with Crippen molar-refractivity contribution in [1.29, 1.82) is 0 Å². The minimum Gasteiger partial charge on any atom is -0.506 e. The highest BCUT2D eigenvalue weighted by Crippen LogP contribution is 2.40. The van der Waals surface area contributed by atoms with Gasteiger partial charge < -0.3 is 10.4 Å². The van der Waals surface area contributed by atoms with E-state index in [1.165, 1.54) is 0 Å². The lowest BCUT2D eigenvalue weighted by Crippen LogP contribution is -2.28. The molecule has 0 spiro atoms. The first kappa shape index (κ1) is 14.2. The summed E-state index contributed by atoms with van der Waals surface area (Å²) in [6, 6.07) is 3.44. The van der Waals surface area contributed by atoms with Gasteiger partial charge in [-0.3, -0.25) is 9.71 Å². The summed E-state index contributed by atoms with van der Waals surface area (Å²) in [6.07, 6.45) is 3.78. The SMILES string of the molecule is CS(=O)(=O)Nc1c(O)ccc2c1CCC[C@H]2C1=NCCN1. The molecule has 1 aromatic carbocycles. The summed E-state index contributed by atoms with van der Waals surface area (Å²) in [5, 5.41) is 13.3. The third-order valence-electron chi connectivity index (χ3n) is 3.94. The highest BCUT2D eigenvalue weighted by Gasteiger charge is 2.29. The van der Waals surface area contributed by atoms with Crippen LogP contribution in [0.2, 0.25) is 0 Å². The number of hydrogen-bond acceptors (Lipinski definition) is 5. The Labute approximate surface area is 124 Å². The normalized spacial score (nSPS) is 21.4. The lowest BCUT2D eigenvalue weighted by atomic mass is 9.81. The predicted octanol–water partition coefficient (Wildman–Crippen LogP) is 1.19. The topological polar surface area (TPSA) is 90.8 Å². The molecule has 0 unspecified atom stereocenters. The molecule has 1 aromatic rings. The van der Waals surface area contributed by atoms with Crippen molar-refractivity contribution in [2.75, 3.05) is 24.1 Å². The number of aromatic hydroxyl groups is 1. The maximum atomic E-state index is 11.5. The van der Waals surface area contributed by atoms with Gasteiger partial charge in [-0.15, -0.1) is 0 Å². The van der Waals surface area contributed by atoms with Crippen LogP contribution < -0.4 is 10.0 Å². The number of phenols is 1. The molecule has 6 nitrogen and oxygen atoms in total. The molecule has 0 saturated carbocycles. The molecule has 1 aliphatic heterocycles. The van der Waals surface area contributed by atoms with Gasteiger partial charge in [0.2, 0.25) is 10.0 Å². The Bertz CT molecular complexity index is 698. The number of sulfonamides is 1. The van der Waals surface area contributed by atoms with E-state index in [0.717, 1.165) is 55.6 Å². The number of amidine groups is 1. The molecule has 0 saturated heterocycles. The Morgan fingerprint density at radius 2 is 2.24 bits per heavy atom. The number of rotatable bonds is 3. The van der Waals surface area contributed by atoms with Crippen molar-refractivity contribution in [3.8, 4) is 5.75 Å². The van der Waals surface area contributed by atoms with E-state index in [9.17, 15) is 13.5 Å². The second-order valence-electron chi connectivity index (χ2n) is 5.54. The first-order valence-corrected chi connectivity index (χ1v) is 8.95. The molecule has 3 N–H and O–H groups in total. The molecule has 114 valence electrons. The van der Waals surface area contributed by atoms with Crippen molar-refractivity contribution in [3.63, 3.8) is 0 Å². The van der Waals surface area contributed by atoms with Gasteiger partial charge in [0, 0.05) is 12.5 Å². The van der Waals surface area contributed by atoms with Crippen LogP contribution in [0.15, 0.2) is 17.1 Å². The van der Waals surface area contributed by atoms with Crippen LogP contribution in [0.5, 0.6) is 5.75 Å². The van der Waals surface area contributed by atoms with E-state index in [4.69, 9.17) is 0 Å². The van der Waals surface area contributed by atoms with Crippen molar-refractivity contribution in [2.24, 2.45) is 4.99 Å². The maximum absolute atomic E-state index is 11.5. The molecule has 2 aliphatic rings. The standard InChI is InChI=1S/C14H19N3O3S/c1-21(19,20)17-13-10-3-2-4-11(14-15-7-8-16-14)9(10)5-6-12(13)18/h5-6,11,17-18H,2-4,7-8H2,1H3,(H,15,16)/t11-/m1/s1. The lowest BCUT2D eigenvalue weighted by Gasteiger charge is -2.28. The predicted molar refractivity (Wildman–Crippen MR) is 82.6 cm³/mol. The zero-order chi connectivity index (χ0) is 15.0. The fourth-order valence-corrected chi connectivity index (χ4v) is 3.72. The van der Waals surface area contributed by atoms with Gasteiger partial charge in [0.05, 0.1) is 18.5 Å². The number of anilines is 1. The zero-order valence-electron chi connectivity index (χ0n) is 11.9. The Balaban J connectivity index is 2.06. The summed E-state index contributed by atoms with van der Waals surface area (Å²) in [6.45, 7) is 1.64. The molecule has 1 aliphatic carbocycles. The van der Waals surface area contributed by atoms with Crippen molar-refractivity contribution in [3.05, 3.63) is 23.3 Å². The van der Waals surface area contributed by atoms with Gasteiger partial charge in [-0.2, -0.15) is 0 Å². The van der Waals surface area contributed by atoms with Crippen molar-refractivity contribution < 1.29 is 13.5 Å². The smallest absolute Gasteiger partial charge is 0.229 e. The van der Waals surface area contributed by atoms with E-state index in [0.29, 0.717) is 5.69 Å². The number of fused-ring (bicyclic) bond motifs is 1. The summed E-state index contributed by atoms with van der Waals surface area (Å²) in [7, 11) is -3.43. The Hall–Kier alpha value is -1.76. The minimum absolute atomic E-state index is 0.0267. The van der Waals surface area contributed by atoms with Crippen LogP contribution in [0.4, 0.5) is 5.69 Å². The molecular formula is C14H19N3O3S. The molecule has 7 heteroatoms. The third kappa shape index (κ3) is 2.83. The quantitative estimate of drug-likeness (QED) is 0.731. The summed E-state index contributed by atoms with van der Waals surface area (Å²) in [5.41, 5.74) is 2.25. The average Bonchev–Trinajstić information content (AvgIpc) is 2.94. The van der Waals surface area contributed by atoms with E-state index in [1.807, 2.05) is 6.07 Å². The molecule has 1 atom stereocenters. The number of hydrogen-bond donors (Lipinski definition) is 3. The summed E-state index contributed by atoms with van der Waals surface area (Å²) < 4.78 is 25.5. The Kier molecular flexibility index (Phi) is 3.52. The number of nitrogens with one attached hydrogen (secondary N) is 2. The summed E-state index contributed by atoms with van der Waals surface area (Å²) in [4.78, 5) is 4.49. The number of phenolic OH excluding ortho intramolecular Hbond substituents is 1. The zero-order valence-corrected chi connectivity index (χ0v) is 12.7. The van der Waals surface area contributed by atoms with Crippen LogP contribution in [-0.2, 0) is 16.4 Å². The van der Waals surface area contributed by atoms with E-state index in [1.54, 1.807) is 6.07 Å². The molecule has 0 radical (unpaired) electrons. The van der Waals surface area contributed by atoms with Gasteiger partial charge in [0.1, 0.15) is 11.6 Å². The number of aliphatic imine (C=N–C) groups is 1. The molecular weight excluding hydrogens is 290 g/mol. The van der Waals surface area contributed by atoms with Gasteiger partial charge in [0.15, 0.2) is 0 Å². The summed E-state index contributed by atoms with van der Waals surface area (Å²) in [5.74, 6) is 1.12. The molecule has 21 heavy (non-hydrogen) atoms. The van der Waals surface area contributed by atoms with Gasteiger partial charge in [-0.05, 0) is 36.5 Å². The molecule has 0 aromatic heterocycles. The largest absolute Gasteiger partial charge is 0.506 e. The second-order valence-corrected chi connectivity index (χ2v) is 7.29. The van der Waals surface area contributed by atoms with Crippen LogP contribution in [0.1, 0.15) is 29.9 Å². The highest BCUT2D eigenvalue weighted by molar-refractivity contribution is 7.92. The Morgan fingerprint density at radius 3 is 2.90 bits per heavy atom. The summed E-state index contributed by atoms with van der Waals surface area (Å²) >= 11 is 0. The van der Waals surface area contributed by atoms with E-state index in [-0.39, 0.29) is 11.7 Å². The monoisotopic (exact) mass is 309 g/mol. The molecule has 0 fully saturated rings. The van der Waals surface area contributed by atoms with Crippen LogP contribution in [0, 0.1) is 0 Å². The fourth-order valence-electron chi connectivity index (χ4n) is 3.12. The molecule has 0 bridgehead atoms. The highest BCUT2D eigenvalue weighted by atomic mass is 32.2. The number of benzene rings is 1. The third-order valence-corrected chi connectivity index (χ3v) is 4.51. The van der Waals surface area contributed by atoms with Crippen molar-refractivity contribution in [1.82, 2.24) is 5.32 Å². The van der Waals surface area contributed by atoms with Gasteiger partial charge in [-0.1, -0.05) is 6.07 Å². The van der Waals surface area contributed by atoms with Crippen LogP contribution in [-0.4, -0.2) is 38.7 Å². The number of nitrogens with zero attached hydrogens (tertiary/aromatic N) is 1. The van der Waals surface area contributed by atoms with Crippen LogP contribution >= 0.6 is 0 Å². The van der Waals surface area contributed by atoms with Gasteiger partial charge in [0.25, 0.3) is 0 Å². The van der Waals surface area contributed by atoms with E-state index < -0.39 is 10.0 Å². The van der Waals surface area contributed by atoms with Crippen molar-refractivity contribution >= 4 is 21.5 Å². The van der Waals surface area contributed by atoms with Gasteiger partial charge >= 0.3 is 0 Å². The first-order chi connectivity index (χ1) is 9.96. The fraction of sp³-hybridized carbons (Fsp3) is 0.500. The maximum Gasteiger partial charge on any atom is 0.229 e. The second kappa shape index (κ2) is 5.22. The minimum atomic E-state index is -3.43. The molecule has 0 amide bonds. The van der Waals surface area contributed by atoms with Crippen molar-refractivity contribution in [2.45, 2.75) is 25.2 Å². The van der Waals surface area contributed by atoms with Crippen LogP contribution in [0.3, 0.4) is 0 Å². The van der Waals surface area contributed by atoms with E-state index >= 15 is 0 Å². The molecule has 3 rings (SSSR count). The van der Waals surface area contributed by atoms with Crippen LogP contribution in [0.25, 0.3) is 0 Å². The van der Waals surface area contributed by atoms with E-state index in [2.05, 4.69) is 15.0 Å². The molecule has 1 heterocycles.